The summed E-state index contributed by atoms with van der Waals surface area (Å²) in [6, 6.07) is 13.9. The molecule has 0 spiro atoms. The summed E-state index contributed by atoms with van der Waals surface area (Å²) in [6.45, 7) is 6.95. The number of rotatable bonds is 3. The molecule has 0 nitrogen and oxygen atoms in total. The Morgan fingerprint density at radius 3 is 2.71 bits per heavy atom. The van der Waals surface area contributed by atoms with E-state index in [1.54, 1.807) is 11.1 Å². The van der Waals surface area contributed by atoms with Gasteiger partial charge in [0.15, 0.2) is 0 Å². The second-order valence-corrected chi connectivity index (χ2v) is 12.8. The molecule has 0 N–H and O–H groups in total. The van der Waals surface area contributed by atoms with Crippen LogP contribution in [0.4, 0.5) is 0 Å². The molecule has 0 amide bonds. The molecule has 0 aliphatic heterocycles. The van der Waals surface area contributed by atoms with Gasteiger partial charge < -0.3 is 0 Å². The van der Waals surface area contributed by atoms with Crippen LogP contribution in [0.2, 0.25) is 0 Å². The van der Waals surface area contributed by atoms with Crippen LogP contribution in [-0.4, -0.2) is 0 Å². The summed E-state index contributed by atoms with van der Waals surface area (Å²) >= 11 is 1.99. The molecule has 4 unspecified atom stereocenters. The number of fused-ring (bicyclic) bond motifs is 8. The summed E-state index contributed by atoms with van der Waals surface area (Å²) in [5.41, 5.74) is 6.06. The minimum absolute atomic E-state index is 0.0285. The van der Waals surface area contributed by atoms with Gasteiger partial charge in [0.05, 0.1) is 0 Å². The summed E-state index contributed by atoms with van der Waals surface area (Å²) in [5, 5.41) is 2.80. The SMILES string of the molecule is CC=CC1(C23CC2/C=C\C=C(/C(C)C)c2c3ccc3c2sc2ccccc23)/C=C\C=C/CC2=CC=CCC21. The fourth-order valence-corrected chi connectivity index (χ4v) is 9.19. The Morgan fingerprint density at radius 2 is 1.84 bits per heavy atom. The van der Waals surface area contributed by atoms with Gasteiger partial charge in [-0.2, -0.15) is 0 Å². The van der Waals surface area contributed by atoms with E-state index in [9.17, 15) is 0 Å². The lowest BCUT2D eigenvalue weighted by atomic mass is 9.55. The average Bonchev–Trinajstić information content (AvgIpc) is 3.50. The standard InChI is InChI=1S/C37H36S/c1-4-22-36(23-11-5-6-13-26-14-7-9-18-31(26)36)37-24-27(37)15-12-17-28(25(2)3)34-32(37)21-20-30-29-16-8-10-19-33(29)38-35(30)34/h4-12,14-17,19-23,25,27,31H,13,18,24H2,1-3H3/b6-5-,15-12-,22-4?,23-11-,28-17+. The summed E-state index contributed by atoms with van der Waals surface area (Å²) < 4.78 is 2.86. The number of hydrogen-bond donors (Lipinski definition) is 0. The van der Waals surface area contributed by atoms with Gasteiger partial charge in [0.2, 0.25) is 0 Å². The van der Waals surface area contributed by atoms with E-state index < -0.39 is 0 Å². The average molecular weight is 513 g/mol. The molecule has 4 atom stereocenters. The smallest absolute Gasteiger partial charge is 0.0433 e. The Morgan fingerprint density at radius 1 is 0.947 bits per heavy atom. The van der Waals surface area contributed by atoms with E-state index in [1.165, 1.54) is 37.7 Å². The van der Waals surface area contributed by atoms with Gasteiger partial charge >= 0.3 is 0 Å². The maximum absolute atomic E-state index is 2.58. The molecule has 1 aromatic heterocycles. The molecule has 2 aromatic carbocycles. The molecule has 38 heavy (non-hydrogen) atoms. The van der Waals surface area contributed by atoms with Crippen LogP contribution in [0, 0.1) is 23.2 Å². The van der Waals surface area contributed by atoms with Crippen molar-refractivity contribution in [1.82, 2.24) is 0 Å². The fraction of sp³-hybridized carbons (Fsp3) is 0.297. The molecule has 1 heteroatoms. The minimum Gasteiger partial charge on any atom is -0.135 e. The van der Waals surface area contributed by atoms with Crippen LogP contribution in [0.25, 0.3) is 25.7 Å². The largest absolute Gasteiger partial charge is 0.135 e. The molecule has 190 valence electrons. The summed E-state index contributed by atoms with van der Waals surface area (Å²) in [6.07, 6.45) is 32.2. The van der Waals surface area contributed by atoms with Crippen molar-refractivity contribution < 1.29 is 0 Å². The first-order valence-corrected chi connectivity index (χ1v) is 15.1. The number of allylic oxidation sites excluding steroid dienone is 14. The van der Waals surface area contributed by atoms with E-state index in [-0.39, 0.29) is 10.8 Å². The highest BCUT2D eigenvalue weighted by molar-refractivity contribution is 7.26. The maximum Gasteiger partial charge on any atom is 0.0433 e. The molecule has 1 heterocycles. The van der Waals surface area contributed by atoms with E-state index in [1.807, 2.05) is 11.3 Å². The van der Waals surface area contributed by atoms with E-state index in [2.05, 4.69) is 130 Å². The van der Waals surface area contributed by atoms with Gasteiger partial charge in [-0.15, -0.1) is 11.3 Å². The summed E-state index contributed by atoms with van der Waals surface area (Å²) in [7, 11) is 0. The molecule has 0 radical (unpaired) electrons. The monoisotopic (exact) mass is 512 g/mol. The Kier molecular flexibility index (Phi) is 5.64. The molecule has 0 bridgehead atoms. The summed E-state index contributed by atoms with van der Waals surface area (Å²) in [5.74, 6) is 1.43. The second kappa shape index (κ2) is 8.95. The van der Waals surface area contributed by atoms with E-state index in [0.717, 1.165) is 12.8 Å². The Bertz CT molecular complexity index is 1640. The van der Waals surface area contributed by atoms with Gasteiger partial charge in [0, 0.05) is 31.0 Å². The van der Waals surface area contributed by atoms with Crippen molar-refractivity contribution in [2.75, 3.05) is 0 Å². The van der Waals surface area contributed by atoms with Crippen molar-refractivity contribution in [3.8, 4) is 0 Å². The molecule has 7 rings (SSSR count). The van der Waals surface area contributed by atoms with Crippen LogP contribution < -0.4 is 0 Å². The maximum atomic E-state index is 2.58. The number of thiophene rings is 1. The Hall–Kier alpha value is -3.16. The third kappa shape index (κ3) is 3.27. The minimum atomic E-state index is -0.0867. The van der Waals surface area contributed by atoms with Crippen molar-refractivity contribution in [1.29, 1.82) is 0 Å². The predicted molar refractivity (Wildman–Crippen MR) is 167 cm³/mol. The molecular weight excluding hydrogens is 476 g/mol. The zero-order valence-electron chi connectivity index (χ0n) is 22.7. The van der Waals surface area contributed by atoms with Crippen LogP contribution in [0.3, 0.4) is 0 Å². The molecule has 1 fully saturated rings. The third-order valence-electron chi connectivity index (χ3n) is 9.60. The highest BCUT2D eigenvalue weighted by Gasteiger charge is 2.67. The number of benzene rings is 2. The highest BCUT2D eigenvalue weighted by Crippen LogP contribution is 2.72. The molecule has 3 aromatic rings. The molecule has 1 saturated carbocycles. The van der Waals surface area contributed by atoms with Crippen LogP contribution in [-0.2, 0) is 5.41 Å². The predicted octanol–water partition coefficient (Wildman–Crippen LogP) is 10.5. The summed E-state index contributed by atoms with van der Waals surface area (Å²) in [4.78, 5) is 0. The lowest BCUT2D eigenvalue weighted by molar-refractivity contribution is 0.244. The molecule has 0 saturated heterocycles. The normalized spacial score (nSPS) is 33.8. The quantitative estimate of drug-likeness (QED) is 0.306. The van der Waals surface area contributed by atoms with E-state index in [4.69, 9.17) is 0 Å². The lowest BCUT2D eigenvalue weighted by Gasteiger charge is -2.47. The lowest BCUT2D eigenvalue weighted by Crippen LogP contribution is -2.42. The first-order valence-electron chi connectivity index (χ1n) is 14.3. The fourth-order valence-electron chi connectivity index (χ4n) is 7.92. The zero-order valence-corrected chi connectivity index (χ0v) is 23.5. The molecular formula is C37H36S. The van der Waals surface area contributed by atoms with Gasteiger partial charge in [0.1, 0.15) is 0 Å². The molecule has 4 aliphatic carbocycles. The van der Waals surface area contributed by atoms with Crippen LogP contribution in [0.1, 0.15) is 51.2 Å². The van der Waals surface area contributed by atoms with Crippen LogP contribution >= 0.6 is 11.3 Å². The van der Waals surface area contributed by atoms with Crippen LogP contribution in [0.15, 0.2) is 115 Å². The van der Waals surface area contributed by atoms with E-state index >= 15 is 0 Å². The van der Waals surface area contributed by atoms with Crippen molar-refractivity contribution >= 4 is 37.1 Å². The second-order valence-electron chi connectivity index (χ2n) is 11.8. The van der Waals surface area contributed by atoms with Crippen molar-refractivity contribution in [3.63, 3.8) is 0 Å². The molecule has 4 aliphatic rings. The van der Waals surface area contributed by atoms with Crippen molar-refractivity contribution in [3.05, 3.63) is 126 Å². The number of hydrogen-bond acceptors (Lipinski definition) is 1. The van der Waals surface area contributed by atoms with Gasteiger partial charge in [-0.05, 0) is 66.7 Å². The van der Waals surface area contributed by atoms with Gasteiger partial charge in [0.25, 0.3) is 0 Å². The Labute approximate surface area is 231 Å². The van der Waals surface area contributed by atoms with Gasteiger partial charge in [-0.1, -0.05) is 123 Å². The van der Waals surface area contributed by atoms with Crippen molar-refractivity contribution in [2.24, 2.45) is 23.2 Å². The first kappa shape index (κ1) is 23.9. The van der Waals surface area contributed by atoms with Crippen molar-refractivity contribution in [2.45, 2.75) is 45.4 Å². The topological polar surface area (TPSA) is 0 Å². The Balaban J connectivity index is 1.59. The van der Waals surface area contributed by atoms with Gasteiger partial charge in [-0.3, -0.25) is 0 Å². The highest BCUT2D eigenvalue weighted by atomic mass is 32.1. The first-order chi connectivity index (χ1) is 18.6. The zero-order chi connectivity index (χ0) is 25.9. The third-order valence-corrected chi connectivity index (χ3v) is 10.8. The van der Waals surface area contributed by atoms with Gasteiger partial charge in [-0.25, -0.2) is 0 Å². The van der Waals surface area contributed by atoms with Crippen LogP contribution in [0.5, 0.6) is 0 Å². The van der Waals surface area contributed by atoms with E-state index in [0.29, 0.717) is 17.8 Å².